The van der Waals surface area contributed by atoms with Gasteiger partial charge in [0.1, 0.15) is 12.6 Å². The zero-order valence-electron chi connectivity index (χ0n) is 17.4. The number of sulfonamides is 1. The summed E-state index contributed by atoms with van der Waals surface area (Å²) in [5.41, 5.74) is 2.28. The minimum atomic E-state index is -3.45. The third-order valence-electron chi connectivity index (χ3n) is 4.98. The number of carbonyl (C=O) groups is 2. The van der Waals surface area contributed by atoms with Crippen LogP contribution in [-0.2, 0) is 30.8 Å². The van der Waals surface area contributed by atoms with Crippen LogP contribution >= 0.6 is 0 Å². The molecule has 1 unspecified atom stereocenters. The number of piperidine rings is 1. The molecule has 1 atom stereocenters. The highest BCUT2D eigenvalue weighted by molar-refractivity contribution is 7.89. The number of benzene rings is 1. The Morgan fingerprint density at radius 2 is 1.93 bits per heavy atom. The molecular weight excluding hydrogens is 392 g/mol. The molecule has 29 heavy (non-hydrogen) atoms. The van der Waals surface area contributed by atoms with Crippen molar-refractivity contribution in [3.63, 3.8) is 0 Å². The molecular formula is C21H32N2O5S. The molecule has 2 rings (SSSR count). The fraction of sp³-hybridized carbons (Fsp3) is 0.619. The summed E-state index contributed by atoms with van der Waals surface area (Å²) in [6, 6.07) is 7.29. The first kappa shape index (κ1) is 23.3. The first-order valence-corrected chi connectivity index (χ1v) is 11.9. The van der Waals surface area contributed by atoms with Gasteiger partial charge in [0, 0.05) is 13.0 Å². The summed E-state index contributed by atoms with van der Waals surface area (Å²) >= 11 is 0. The van der Waals surface area contributed by atoms with Gasteiger partial charge < -0.3 is 10.1 Å². The zero-order chi connectivity index (χ0) is 21.3. The highest BCUT2D eigenvalue weighted by atomic mass is 32.2. The first-order valence-electron chi connectivity index (χ1n) is 10.3. The summed E-state index contributed by atoms with van der Waals surface area (Å²) in [4.78, 5) is 24.3. The number of ether oxygens (including phenoxy) is 1. The van der Waals surface area contributed by atoms with Gasteiger partial charge in [-0.05, 0) is 44.6 Å². The Bertz CT molecular complexity index is 777. The minimum absolute atomic E-state index is 0.0350. The summed E-state index contributed by atoms with van der Waals surface area (Å²) in [6.45, 7) is 4.43. The molecule has 0 radical (unpaired) electrons. The second-order valence-electron chi connectivity index (χ2n) is 7.44. The van der Waals surface area contributed by atoms with Crippen LogP contribution in [0.1, 0.15) is 50.2 Å². The molecule has 1 fully saturated rings. The van der Waals surface area contributed by atoms with Crippen molar-refractivity contribution in [2.45, 2.75) is 58.4 Å². The Morgan fingerprint density at radius 1 is 1.21 bits per heavy atom. The van der Waals surface area contributed by atoms with Crippen LogP contribution in [0.25, 0.3) is 0 Å². The Morgan fingerprint density at radius 3 is 2.62 bits per heavy atom. The predicted octanol–water partition coefficient (Wildman–Crippen LogP) is 2.18. The van der Waals surface area contributed by atoms with E-state index in [0.717, 1.165) is 18.4 Å². The zero-order valence-corrected chi connectivity index (χ0v) is 18.2. The quantitative estimate of drug-likeness (QED) is 0.459. The largest absolute Gasteiger partial charge is 0.463 e. The molecule has 1 aromatic carbocycles. The minimum Gasteiger partial charge on any atom is -0.463 e. The van der Waals surface area contributed by atoms with E-state index in [1.807, 2.05) is 31.2 Å². The van der Waals surface area contributed by atoms with Gasteiger partial charge in [-0.1, -0.05) is 36.8 Å². The highest BCUT2D eigenvalue weighted by Crippen LogP contribution is 2.22. The van der Waals surface area contributed by atoms with Crippen LogP contribution in [-0.4, -0.2) is 56.1 Å². The molecule has 1 heterocycles. The number of rotatable bonds is 10. The van der Waals surface area contributed by atoms with Crippen LogP contribution in [0.15, 0.2) is 24.3 Å². The average molecular weight is 425 g/mol. The summed E-state index contributed by atoms with van der Waals surface area (Å²) in [7, 11) is -3.45. The number of esters is 1. The molecule has 0 aliphatic carbocycles. The summed E-state index contributed by atoms with van der Waals surface area (Å²) < 4.78 is 31.3. The van der Waals surface area contributed by atoms with Gasteiger partial charge in [-0.3, -0.25) is 9.59 Å². The van der Waals surface area contributed by atoms with E-state index < -0.39 is 22.0 Å². The lowest BCUT2D eigenvalue weighted by Crippen LogP contribution is -2.49. The fourth-order valence-electron chi connectivity index (χ4n) is 3.39. The Labute approximate surface area is 173 Å². The first-order chi connectivity index (χ1) is 13.8. The van der Waals surface area contributed by atoms with Crippen molar-refractivity contribution in [1.82, 2.24) is 9.62 Å². The van der Waals surface area contributed by atoms with E-state index in [1.54, 1.807) is 6.92 Å². The lowest BCUT2D eigenvalue weighted by atomic mass is 10.1. The van der Waals surface area contributed by atoms with Gasteiger partial charge in [0.25, 0.3) is 0 Å². The Kier molecular flexibility index (Phi) is 9.10. The van der Waals surface area contributed by atoms with E-state index in [1.165, 1.54) is 9.87 Å². The molecule has 0 aromatic heterocycles. The summed E-state index contributed by atoms with van der Waals surface area (Å²) in [6.07, 6.45) is 3.55. The second kappa shape index (κ2) is 11.3. The SMILES string of the molecule is CCCS(=O)(=O)N1CCCCC1C(=O)OCCNC(=O)CCc1ccc(C)cc1. The molecule has 1 aliphatic rings. The third-order valence-corrected chi connectivity index (χ3v) is 7.05. The monoisotopic (exact) mass is 424 g/mol. The molecule has 1 saturated heterocycles. The number of carbonyl (C=O) groups excluding carboxylic acids is 2. The van der Waals surface area contributed by atoms with Gasteiger partial charge in [0.05, 0.1) is 12.3 Å². The van der Waals surface area contributed by atoms with Crippen molar-refractivity contribution in [2.24, 2.45) is 0 Å². The molecule has 0 bridgehead atoms. The molecule has 1 amide bonds. The van der Waals surface area contributed by atoms with Gasteiger partial charge in [-0.2, -0.15) is 4.31 Å². The van der Waals surface area contributed by atoms with E-state index in [9.17, 15) is 18.0 Å². The molecule has 0 saturated carbocycles. The van der Waals surface area contributed by atoms with Crippen molar-refractivity contribution in [1.29, 1.82) is 0 Å². The molecule has 1 aromatic rings. The van der Waals surface area contributed by atoms with E-state index in [0.29, 0.717) is 32.2 Å². The summed E-state index contributed by atoms with van der Waals surface area (Å²) in [5.74, 6) is -0.599. The molecule has 8 heteroatoms. The Balaban J connectivity index is 1.72. The van der Waals surface area contributed by atoms with E-state index in [-0.39, 0.29) is 24.8 Å². The van der Waals surface area contributed by atoms with Crippen molar-refractivity contribution < 1.29 is 22.7 Å². The van der Waals surface area contributed by atoms with Gasteiger partial charge in [-0.25, -0.2) is 8.42 Å². The maximum Gasteiger partial charge on any atom is 0.324 e. The van der Waals surface area contributed by atoms with E-state index in [2.05, 4.69) is 5.32 Å². The Hall–Kier alpha value is -1.93. The van der Waals surface area contributed by atoms with Gasteiger partial charge >= 0.3 is 5.97 Å². The van der Waals surface area contributed by atoms with Crippen LogP contribution < -0.4 is 5.32 Å². The number of hydrogen-bond donors (Lipinski definition) is 1. The number of nitrogens with zero attached hydrogens (tertiary/aromatic N) is 1. The van der Waals surface area contributed by atoms with Crippen LogP contribution in [0.4, 0.5) is 0 Å². The number of aryl methyl sites for hydroxylation is 2. The van der Waals surface area contributed by atoms with Gasteiger partial charge in [0.15, 0.2) is 0 Å². The van der Waals surface area contributed by atoms with Gasteiger partial charge in [0.2, 0.25) is 15.9 Å². The topological polar surface area (TPSA) is 92.8 Å². The average Bonchev–Trinajstić information content (AvgIpc) is 2.70. The second-order valence-corrected chi connectivity index (χ2v) is 9.48. The summed E-state index contributed by atoms with van der Waals surface area (Å²) in [5, 5.41) is 2.74. The maximum absolute atomic E-state index is 12.4. The maximum atomic E-state index is 12.4. The van der Waals surface area contributed by atoms with E-state index >= 15 is 0 Å². The number of amides is 1. The van der Waals surface area contributed by atoms with E-state index in [4.69, 9.17) is 4.74 Å². The van der Waals surface area contributed by atoms with Crippen molar-refractivity contribution in [3.05, 3.63) is 35.4 Å². The van der Waals surface area contributed by atoms with Crippen LogP contribution in [0.3, 0.4) is 0 Å². The smallest absolute Gasteiger partial charge is 0.324 e. The highest BCUT2D eigenvalue weighted by Gasteiger charge is 2.37. The van der Waals surface area contributed by atoms with Crippen molar-refractivity contribution in [2.75, 3.05) is 25.4 Å². The van der Waals surface area contributed by atoms with Crippen LogP contribution in [0, 0.1) is 6.92 Å². The van der Waals surface area contributed by atoms with Crippen molar-refractivity contribution >= 4 is 21.9 Å². The molecule has 162 valence electrons. The number of nitrogens with one attached hydrogen (secondary N) is 1. The molecule has 7 nitrogen and oxygen atoms in total. The van der Waals surface area contributed by atoms with Crippen molar-refractivity contribution in [3.8, 4) is 0 Å². The molecule has 1 aliphatic heterocycles. The van der Waals surface area contributed by atoms with Gasteiger partial charge in [-0.15, -0.1) is 0 Å². The fourth-order valence-corrected chi connectivity index (χ4v) is 5.12. The predicted molar refractivity (Wildman–Crippen MR) is 112 cm³/mol. The normalized spacial score (nSPS) is 17.7. The lowest BCUT2D eigenvalue weighted by Gasteiger charge is -2.32. The molecule has 0 spiro atoms. The number of hydrogen-bond acceptors (Lipinski definition) is 5. The third kappa shape index (κ3) is 7.44. The molecule has 1 N–H and O–H groups in total. The van der Waals surface area contributed by atoms with Crippen LogP contribution in [0.2, 0.25) is 0 Å². The lowest BCUT2D eigenvalue weighted by molar-refractivity contribution is -0.149. The van der Waals surface area contributed by atoms with Crippen LogP contribution in [0.5, 0.6) is 0 Å². The standard InChI is InChI=1S/C21H32N2O5S/c1-3-16-29(26,27)23-14-5-4-6-19(23)21(25)28-15-13-22-20(24)12-11-18-9-7-17(2)8-10-18/h7-10,19H,3-6,11-16H2,1-2H3,(H,22,24).